The van der Waals surface area contributed by atoms with Crippen molar-refractivity contribution in [2.75, 3.05) is 19.6 Å². The highest BCUT2D eigenvalue weighted by molar-refractivity contribution is 5.97. The normalized spacial score (nSPS) is 16.1. The van der Waals surface area contributed by atoms with Gasteiger partial charge in [-0.3, -0.25) is 19.2 Å². The number of benzene rings is 4. The van der Waals surface area contributed by atoms with Gasteiger partial charge in [-0.15, -0.1) is 0 Å². The number of nitrogens with zero attached hydrogens (tertiary/aromatic N) is 2. The van der Waals surface area contributed by atoms with E-state index in [1.807, 2.05) is 64.4 Å². The van der Waals surface area contributed by atoms with E-state index in [1.54, 1.807) is 24.3 Å². The highest BCUT2D eigenvalue weighted by atomic mass is 16.3. The Hall–Kier alpha value is -5.24. The zero-order chi connectivity index (χ0) is 32.3. The predicted octanol–water partition coefficient (Wildman–Crippen LogP) is 5.82. The van der Waals surface area contributed by atoms with Gasteiger partial charge in [0.25, 0.3) is 5.91 Å². The van der Waals surface area contributed by atoms with Gasteiger partial charge in [0.15, 0.2) is 11.2 Å². The summed E-state index contributed by atoms with van der Waals surface area (Å²) in [6.45, 7) is 2.53. The Balaban J connectivity index is 1.10. The van der Waals surface area contributed by atoms with Crippen LogP contribution in [-0.2, 0) is 22.6 Å². The van der Waals surface area contributed by atoms with Gasteiger partial charge in [-0.25, -0.2) is 0 Å². The van der Waals surface area contributed by atoms with Crippen LogP contribution in [0.25, 0.3) is 21.7 Å². The highest BCUT2D eigenvalue weighted by Gasteiger charge is 2.32. The zero-order valence-corrected chi connectivity index (χ0v) is 26.2. The van der Waals surface area contributed by atoms with Crippen LogP contribution in [0.5, 0.6) is 0 Å². The molecule has 47 heavy (non-hydrogen) atoms. The molecule has 3 heterocycles. The van der Waals surface area contributed by atoms with Crippen LogP contribution in [0.2, 0.25) is 0 Å². The molecule has 2 aliphatic rings. The van der Waals surface area contributed by atoms with Crippen molar-refractivity contribution < 1.29 is 18.8 Å². The molecule has 0 saturated carbocycles. The van der Waals surface area contributed by atoms with Crippen LogP contribution in [0.15, 0.2) is 106 Å². The molecule has 0 spiro atoms. The summed E-state index contributed by atoms with van der Waals surface area (Å²) in [4.78, 5) is 56.5. The summed E-state index contributed by atoms with van der Waals surface area (Å²) in [5, 5.41) is 5.46. The third-order valence-corrected chi connectivity index (χ3v) is 9.55. The maximum atomic E-state index is 14.2. The molecule has 4 aromatic carbocycles. The molecule has 0 aliphatic carbocycles. The molecule has 1 unspecified atom stereocenters. The van der Waals surface area contributed by atoms with Gasteiger partial charge >= 0.3 is 0 Å². The minimum atomic E-state index is -0.856. The first-order chi connectivity index (χ1) is 22.9. The number of fused-ring (bicyclic) bond motifs is 2. The maximum Gasteiger partial charge on any atom is 0.287 e. The van der Waals surface area contributed by atoms with Gasteiger partial charge in [0.05, 0.1) is 5.39 Å². The second-order valence-corrected chi connectivity index (χ2v) is 12.6. The SMILES string of the molecule is O=C(NC(Cc1ccc2ccccc2c1)C(=O)N1CCC(c2ccccc2CN2CCCC2=O)CC1)c1cc(=O)c2ccccc2o1. The Morgan fingerprint density at radius 1 is 0.830 bits per heavy atom. The second-order valence-electron chi connectivity index (χ2n) is 12.6. The smallest absolute Gasteiger partial charge is 0.287 e. The van der Waals surface area contributed by atoms with E-state index in [-0.39, 0.29) is 28.9 Å². The van der Waals surface area contributed by atoms with E-state index in [0.29, 0.717) is 43.4 Å². The Bertz CT molecular complexity index is 2030. The fraction of sp³-hybridized carbons (Fsp3) is 0.282. The average Bonchev–Trinajstić information content (AvgIpc) is 3.51. The molecule has 2 saturated heterocycles. The van der Waals surface area contributed by atoms with Crippen LogP contribution in [0.1, 0.15) is 58.8 Å². The van der Waals surface area contributed by atoms with Crippen LogP contribution in [-0.4, -0.2) is 53.2 Å². The molecule has 8 heteroatoms. The molecule has 0 radical (unpaired) electrons. The summed E-state index contributed by atoms with van der Waals surface area (Å²) in [6.07, 6.45) is 3.39. The lowest BCUT2D eigenvalue weighted by Crippen LogP contribution is -2.51. The second kappa shape index (κ2) is 13.2. The quantitative estimate of drug-likeness (QED) is 0.234. The largest absolute Gasteiger partial charge is 0.451 e. The van der Waals surface area contributed by atoms with E-state index in [2.05, 4.69) is 17.4 Å². The molecule has 1 atom stereocenters. The van der Waals surface area contributed by atoms with E-state index >= 15 is 0 Å². The third-order valence-electron chi connectivity index (χ3n) is 9.55. The van der Waals surface area contributed by atoms with Crippen molar-refractivity contribution in [3.8, 4) is 0 Å². The lowest BCUT2D eigenvalue weighted by molar-refractivity contribution is -0.134. The predicted molar refractivity (Wildman–Crippen MR) is 181 cm³/mol. The molecule has 5 aromatic rings. The van der Waals surface area contributed by atoms with Gasteiger partial charge in [-0.1, -0.05) is 78.9 Å². The van der Waals surface area contributed by atoms with E-state index in [1.165, 1.54) is 17.2 Å². The minimum Gasteiger partial charge on any atom is -0.451 e. The first-order valence-corrected chi connectivity index (χ1v) is 16.4. The minimum absolute atomic E-state index is 0.128. The van der Waals surface area contributed by atoms with Gasteiger partial charge in [-0.2, -0.15) is 0 Å². The summed E-state index contributed by atoms with van der Waals surface area (Å²) in [7, 11) is 0. The van der Waals surface area contributed by atoms with E-state index < -0.39 is 11.9 Å². The van der Waals surface area contributed by atoms with E-state index in [0.717, 1.165) is 42.1 Å². The molecule has 2 fully saturated rings. The fourth-order valence-electron chi connectivity index (χ4n) is 7.03. The van der Waals surface area contributed by atoms with Crippen molar-refractivity contribution in [1.29, 1.82) is 0 Å². The van der Waals surface area contributed by atoms with Gasteiger partial charge in [0.2, 0.25) is 11.8 Å². The van der Waals surface area contributed by atoms with Crippen molar-refractivity contribution >= 4 is 39.5 Å². The Kier molecular flexibility index (Phi) is 8.57. The van der Waals surface area contributed by atoms with Gasteiger partial charge in [0, 0.05) is 45.1 Å². The molecular formula is C39H37N3O5. The summed E-state index contributed by atoms with van der Waals surface area (Å²) in [6, 6.07) is 29.5. The third kappa shape index (κ3) is 6.54. The molecule has 1 aromatic heterocycles. The molecule has 0 bridgehead atoms. The van der Waals surface area contributed by atoms with E-state index in [9.17, 15) is 19.2 Å². The number of carbonyl (C=O) groups excluding carboxylic acids is 3. The van der Waals surface area contributed by atoms with Crippen LogP contribution in [0.3, 0.4) is 0 Å². The molecule has 1 N–H and O–H groups in total. The number of hydrogen-bond donors (Lipinski definition) is 1. The Morgan fingerprint density at radius 3 is 2.38 bits per heavy atom. The number of piperidine rings is 1. The number of nitrogens with one attached hydrogen (secondary N) is 1. The number of rotatable bonds is 8. The lowest BCUT2D eigenvalue weighted by atomic mass is 9.86. The molecule has 7 rings (SSSR count). The standard InChI is InChI=1S/C39H37N3O5/c43-34-24-36(47-35-13-6-5-12-32(34)35)38(45)40-33(23-26-15-16-27-8-1-2-9-29(27)22-26)39(46)41-20-17-28(18-21-41)31-11-4-3-10-30(31)25-42-19-7-14-37(42)44/h1-6,8-13,15-16,22,24,28,33H,7,14,17-21,23,25H2,(H,40,45). The van der Waals surface area contributed by atoms with Crippen molar-refractivity contribution in [3.05, 3.63) is 130 Å². The summed E-state index contributed by atoms with van der Waals surface area (Å²) >= 11 is 0. The summed E-state index contributed by atoms with van der Waals surface area (Å²) < 4.78 is 5.81. The fourth-order valence-corrected chi connectivity index (χ4v) is 7.03. The molecule has 3 amide bonds. The lowest BCUT2D eigenvalue weighted by Gasteiger charge is -2.35. The summed E-state index contributed by atoms with van der Waals surface area (Å²) in [5.41, 5.74) is 3.34. The van der Waals surface area contributed by atoms with E-state index in [4.69, 9.17) is 4.42 Å². The van der Waals surface area contributed by atoms with Crippen LogP contribution < -0.4 is 10.7 Å². The number of carbonyl (C=O) groups is 3. The number of likely N-dealkylation sites (tertiary alicyclic amines) is 2. The van der Waals surface area contributed by atoms with Crippen molar-refractivity contribution in [3.63, 3.8) is 0 Å². The van der Waals surface area contributed by atoms with Gasteiger partial charge in [-0.05, 0) is 64.8 Å². The van der Waals surface area contributed by atoms with Crippen molar-refractivity contribution in [1.82, 2.24) is 15.1 Å². The first kappa shape index (κ1) is 30.4. The maximum absolute atomic E-state index is 14.2. The van der Waals surface area contributed by atoms with Crippen LogP contribution >= 0.6 is 0 Å². The molecular weight excluding hydrogens is 590 g/mol. The zero-order valence-electron chi connectivity index (χ0n) is 26.2. The monoisotopic (exact) mass is 627 g/mol. The topological polar surface area (TPSA) is 99.9 Å². The van der Waals surface area contributed by atoms with Crippen LogP contribution in [0, 0.1) is 0 Å². The van der Waals surface area contributed by atoms with Crippen molar-refractivity contribution in [2.24, 2.45) is 0 Å². The molecule has 2 aliphatic heterocycles. The highest BCUT2D eigenvalue weighted by Crippen LogP contribution is 2.32. The van der Waals surface area contributed by atoms with Gasteiger partial charge < -0.3 is 19.5 Å². The number of para-hydroxylation sites is 1. The molecule has 238 valence electrons. The van der Waals surface area contributed by atoms with Crippen molar-refractivity contribution in [2.45, 2.75) is 50.6 Å². The molecule has 8 nitrogen and oxygen atoms in total. The Labute approximate surface area is 273 Å². The Morgan fingerprint density at radius 2 is 1.57 bits per heavy atom. The average molecular weight is 628 g/mol. The first-order valence-electron chi connectivity index (χ1n) is 16.4. The summed E-state index contributed by atoms with van der Waals surface area (Å²) in [5.74, 6) is -0.413. The number of amides is 3. The van der Waals surface area contributed by atoms with Gasteiger partial charge in [0.1, 0.15) is 11.6 Å². The van der Waals surface area contributed by atoms with Crippen LogP contribution in [0.4, 0.5) is 0 Å². The number of hydrogen-bond acceptors (Lipinski definition) is 5.